The average molecular weight is 395 g/mol. The van der Waals surface area contributed by atoms with Gasteiger partial charge in [0.1, 0.15) is 5.52 Å². The van der Waals surface area contributed by atoms with Gasteiger partial charge in [0, 0.05) is 9.86 Å². The van der Waals surface area contributed by atoms with Crippen molar-refractivity contribution in [3.63, 3.8) is 0 Å². The van der Waals surface area contributed by atoms with Gasteiger partial charge in [0.2, 0.25) is 0 Å². The van der Waals surface area contributed by atoms with Gasteiger partial charge in [-0.3, -0.25) is 0 Å². The minimum Gasteiger partial charge on any atom is -0.504 e. The summed E-state index contributed by atoms with van der Waals surface area (Å²) in [6, 6.07) is 13.1. The highest BCUT2D eigenvalue weighted by molar-refractivity contribution is 9.10. The molecule has 0 saturated carbocycles. The molecule has 0 unspecified atom stereocenters. The molecule has 110 valence electrons. The van der Waals surface area contributed by atoms with Crippen molar-refractivity contribution >= 4 is 62.2 Å². The van der Waals surface area contributed by atoms with E-state index in [-0.39, 0.29) is 10.8 Å². The summed E-state index contributed by atoms with van der Waals surface area (Å²) in [5.41, 5.74) is 2.15. The molecule has 0 saturated heterocycles. The standard InChI is InChI=1S/C17H10BrCl2NO/c18-11-3-1-2-10(8-11)4-5-12-6-7-13-14(19)9-15(20)17(22)16(13)21-12/h1-9,22H. The number of benzene rings is 2. The van der Waals surface area contributed by atoms with E-state index in [1.807, 2.05) is 48.6 Å². The van der Waals surface area contributed by atoms with Crippen molar-refractivity contribution < 1.29 is 5.11 Å². The molecule has 0 aliphatic rings. The van der Waals surface area contributed by atoms with Crippen molar-refractivity contribution in [2.45, 2.75) is 0 Å². The Labute approximate surface area is 146 Å². The predicted molar refractivity (Wildman–Crippen MR) is 96.5 cm³/mol. The first-order valence-corrected chi connectivity index (χ1v) is 8.01. The zero-order valence-electron chi connectivity index (χ0n) is 11.2. The molecular formula is C17H10BrCl2NO. The number of hydrogen-bond donors (Lipinski definition) is 1. The number of aromatic hydroxyl groups is 1. The number of pyridine rings is 1. The van der Waals surface area contributed by atoms with E-state index in [9.17, 15) is 5.11 Å². The molecule has 1 N–H and O–H groups in total. The molecule has 0 spiro atoms. The number of phenols is 1. The minimum atomic E-state index is -0.0567. The van der Waals surface area contributed by atoms with Crippen LogP contribution >= 0.6 is 39.1 Å². The van der Waals surface area contributed by atoms with E-state index in [1.165, 1.54) is 6.07 Å². The summed E-state index contributed by atoms with van der Waals surface area (Å²) >= 11 is 15.5. The van der Waals surface area contributed by atoms with E-state index in [2.05, 4.69) is 20.9 Å². The van der Waals surface area contributed by atoms with Crippen molar-refractivity contribution in [1.82, 2.24) is 4.98 Å². The first-order valence-electron chi connectivity index (χ1n) is 6.46. The fourth-order valence-corrected chi connectivity index (χ4v) is 3.04. The Morgan fingerprint density at radius 1 is 1.00 bits per heavy atom. The number of rotatable bonds is 2. The monoisotopic (exact) mass is 393 g/mol. The smallest absolute Gasteiger partial charge is 0.160 e. The van der Waals surface area contributed by atoms with Crippen LogP contribution in [0.5, 0.6) is 5.75 Å². The Morgan fingerprint density at radius 3 is 2.59 bits per heavy atom. The largest absolute Gasteiger partial charge is 0.504 e. The Balaban J connectivity index is 2.04. The number of phenolic OH excluding ortho intramolecular Hbond substituents is 1. The highest BCUT2D eigenvalue weighted by atomic mass is 79.9. The molecule has 3 rings (SSSR count). The van der Waals surface area contributed by atoms with Gasteiger partial charge in [-0.05, 0) is 42.0 Å². The molecule has 1 heterocycles. The third kappa shape index (κ3) is 3.12. The first kappa shape index (κ1) is 15.3. The summed E-state index contributed by atoms with van der Waals surface area (Å²) in [7, 11) is 0. The SMILES string of the molecule is Oc1c(Cl)cc(Cl)c2ccc(C=Cc3cccc(Br)c3)nc12. The van der Waals surface area contributed by atoms with Crippen molar-refractivity contribution in [1.29, 1.82) is 0 Å². The van der Waals surface area contributed by atoms with Gasteiger partial charge in [-0.25, -0.2) is 4.98 Å². The second kappa shape index (κ2) is 6.29. The number of hydrogen-bond acceptors (Lipinski definition) is 2. The summed E-state index contributed by atoms with van der Waals surface area (Å²) in [6.07, 6.45) is 3.82. The van der Waals surface area contributed by atoms with Crippen LogP contribution in [-0.2, 0) is 0 Å². The lowest BCUT2D eigenvalue weighted by Gasteiger charge is -2.05. The first-order chi connectivity index (χ1) is 10.5. The van der Waals surface area contributed by atoms with Crippen LogP contribution in [-0.4, -0.2) is 10.1 Å². The van der Waals surface area contributed by atoms with E-state index in [4.69, 9.17) is 23.2 Å². The lowest BCUT2D eigenvalue weighted by molar-refractivity contribution is 0.480. The zero-order valence-corrected chi connectivity index (χ0v) is 14.3. The molecule has 0 bridgehead atoms. The van der Waals surface area contributed by atoms with Crippen LogP contribution in [0.25, 0.3) is 23.1 Å². The van der Waals surface area contributed by atoms with E-state index >= 15 is 0 Å². The molecule has 0 aliphatic heterocycles. The number of halogens is 3. The fraction of sp³-hybridized carbons (Fsp3) is 0. The van der Waals surface area contributed by atoms with E-state index in [0.717, 1.165) is 10.0 Å². The molecule has 2 nitrogen and oxygen atoms in total. The molecule has 22 heavy (non-hydrogen) atoms. The number of nitrogens with zero attached hydrogens (tertiary/aromatic N) is 1. The molecule has 0 amide bonds. The van der Waals surface area contributed by atoms with Crippen LogP contribution in [0.3, 0.4) is 0 Å². The number of fused-ring (bicyclic) bond motifs is 1. The molecule has 5 heteroatoms. The topological polar surface area (TPSA) is 33.1 Å². The van der Waals surface area contributed by atoms with Gasteiger partial charge in [0.05, 0.1) is 15.7 Å². The molecule has 1 aromatic heterocycles. The summed E-state index contributed by atoms with van der Waals surface area (Å²) < 4.78 is 1.01. The van der Waals surface area contributed by atoms with Gasteiger partial charge in [-0.15, -0.1) is 0 Å². The molecular weight excluding hydrogens is 385 g/mol. The highest BCUT2D eigenvalue weighted by Gasteiger charge is 2.10. The third-order valence-corrected chi connectivity index (χ3v) is 4.27. The van der Waals surface area contributed by atoms with Crippen LogP contribution in [0.1, 0.15) is 11.3 Å². The van der Waals surface area contributed by atoms with Crippen LogP contribution in [0.15, 0.2) is 46.9 Å². The van der Waals surface area contributed by atoms with Gasteiger partial charge in [0.15, 0.2) is 5.75 Å². The Morgan fingerprint density at radius 2 is 1.82 bits per heavy atom. The van der Waals surface area contributed by atoms with Crippen molar-refractivity contribution in [2.75, 3.05) is 0 Å². The average Bonchev–Trinajstić information content (AvgIpc) is 2.50. The highest BCUT2D eigenvalue weighted by Crippen LogP contribution is 2.36. The molecule has 3 aromatic rings. The molecule has 2 aromatic carbocycles. The maximum absolute atomic E-state index is 10.0. The molecule has 0 fully saturated rings. The summed E-state index contributed by atoms with van der Waals surface area (Å²) in [4.78, 5) is 4.42. The molecule has 0 atom stereocenters. The lowest BCUT2D eigenvalue weighted by Crippen LogP contribution is -1.86. The van der Waals surface area contributed by atoms with Gasteiger partial charge >= 0.3 is 0 Å². The van der Waals surface area contributed by atoms with Crippen molar-refractivity contribution in [3.8, 4) is 5.75 Å². The Hall–Kier alpha value is -1.55. The summed E-state index contributed by atoms with van der Waals surface area (Å²) in [6.45, 7) is 0. The quantitative estimate of drug-likeness (QED) is 0.562. The van der Waals surface area contributed by atoms with Crippen LogP contribution in [0.2, 0.25) is 10.0 Å². The Kier molecular flexibility index (Phi) is 4.39. The van der Waals surface area contributed by atoms with Crippen LogP contribution in [0, 0.1) is 0 Å². The van der Waals surface area contributed by atoms with Crippen LogP contribution < -0.4 is 0 Å². The summed E-state index contributed by atoms with van der Waals surface area (Å²) in [5.74, 6) is -0.0567. The maximum Gasteiger partial charge on any atom is 0.160 e. The normalized spacial score (nSPS) is 11.4. The van der Waals surface area contributed by atoms with E-state index in [0.29, 0.717) is 21.6 Å². The lowest BCUT2D eigenvalue weighted by atomic mass is 10.1. The van der Waals surface area contributed by atoms with E-state index < -0.39 is 0 Å². The van der Waals surface area contributed by atoms with Gasteiger partial charge in [-0.1, -0.05) is 57.3 Å². The molecule has 0 aliphatic carbocycles. The van der Waals surface area contributed by atoms with Gasteiger partial charge in [0.25, 0.3) is 0 Å². The minimum absolute atomic E-state index is 0.0567. The van der Waals surface area contributed by atoms with Crippen molar-refractivity contribution in [2.24, 2.45) is 0 Å². The third-order valence-electron chi connectivity index (χ3n) is 3.17. The second-order valence-electron chi connectivity index (χ2n) is 4.71. The Bertz CT molecular complexity index is 893. The van der Waals surface area contributed by atoms with Gasteiger partial charge < -0.3 is 5.11 Å². The second-order valence-corrected chi connectivity index (χ2v) is 6.44. The molecule has 0 radical (unpaired) electrons. The fourth-order valence-electron chi connectivity index (χ4n) is 2.10. The van der Waals surface area contributed by atoms with Crippen molar-refractivity contribution in [3.05, 3.63) is 68.2 Å². The van der Waals surface area contributed by atoms with Gasteiger partial charge in [-0.2, -0.15) is 0 Å². The zero-order chi connectivity index (χ0) is 15.7. The maximum atomic E-state index is 10.0. The van der Waals surface area contributed by atoms with E-state index in [1.54, 1.807) is 0 Å². The predicted octanol–water partition coefficient (Wildman–Crippen LogP) is 6.18. The van der Waals surface area contributed by atoms with Crippen LogP contribution in [0.4, 0.5) is 0 Å². The summed E-state index contributed by atoms with van der Waals surface area (Å²) in [5, 5.41) is 11.4. The number of aromatic nitrogens is 1.